The van der Waals surface area contributed by atoms with Crippen LogP contribution in [-0.2, 0) is 22.7 Å². The number of aryl methyl sites for hydroxylation is 2. The number of nitrogens with zero attached hydrogens (tertiary/aromatic N) is 3. The Morgan fingerprint density at radius 3 is 2.46 bits per heavy atom. The number of benzene rings is 2. The molecule has 0 radical (unpaired) electrons. The number of methoxy groups -OCH3 is 1. The normalized spacial score (nSPS) is 10.8. The Balaban J connectivity index is 1.48. The van der Waals surface area contributed by atoms with E-state index in [2.05, 4.69) is 15.5 Å². The fourth-order valence-corrected chi connectivity index (χ4v) is 5.42. The van der Waals surface area contributed by atoms with E-state index in [1.807, 2.05) is 79.9 Å². The van der Waals surface area contributed by atoms with Crippen molar-refractivity contribution in [3.05, 3.63) is 87.6 Å². The van der Waals surface area contributed by atoms with E-state index in [9.17, 15) is 9.59 Å². The van der Waals surface area contributed by atoms with E-state index in [0.29, 0.717) is 28.1 Å². The molecule has 0 fully saturated rings. The van der Waals surface area contributed by atoms with Crippen molar-refractivity contribution in [2.75, 3.05) is 18.2 Å². The number of hydrogen-bond donors (Lipinski definition) is 1. The molecule has 0 spiro atoms. The first-order valence-corrected chi connectivity index (χ1v) is 13.4. The number of ether oxygens (including phenoxy) is 2. The average Bonchev–Trinajstić information content (AvgIpc) is 3.41. The van der Waals surface area contributed by atoms with E-state index in [4.69, 9.17) is 9.47 Å². The molecule has 37 heavy (non-hydrogen) atoms. The summed E-state index contributed by atoms with van der Waals surface area (Å²) in [6.45, 7) is 6.56. The number of amides is 1. The minimum absolute atomic E-state index is 0.0996. The third-order valence-electron chi connectivity index (χ3n) is 5.73. The van der Waals surface area contributed by atoms with Crippen LogP contribution in [0.25, 0.3) is 0 Å². The van der Waals surface area contributed by atoms with Crippen LogP contribution in [0, 0.1) is 20.8 Å². The summed E-state index contributed by atoms with van der Waals surface area (Å²) < 4.78 is 12.8. The summed E-state index contributed by atoms with van der Waals surface area (Å²) in [6.07, 6.45) is 0. The first-order chi connectivity index (χ1) is 17.9. The summed E-state index contributed by atoms with van der Waals surface area (Å²) in [5, 5.41) is 12.6. The van der Waals surface area contributed by atoms with Crippen LogP contribution in [0.5, 0.6) is 5.75 Å². The van der Waals surface area contributed by atoms with Gasteiger partial charge in [-0.15, -0.1) is 21.5 Å². The van der Waals surface area contributed by atoms with Crippen molar-refractivity contribution in [2.24, 2.45) is 0 Å². The Morgan fingerprint density at radius 1 is 1.03 bits per heavy atom. The van der Waals surface area contributed by atoms with Crippen molar-refractivity contribution in [2.45, 2.75) is 39.1 Å². The molecular weight excluding hydrogens is 508 g/mol. The van der Waals surface area contributed by atoms with Gasteiger partial charge >= 0.3 is 5.97 Å². The van der Waals surface area contributed by atoms with Gasteiger partial charge in [-0.2, -0.15) is 0 Å². The van der Waals surface area contributed by atoms with Crippen LogP contribution in [0.2, 0.25) is 0 Å². The highest BCUT2D eigenvalue weighted by atomic mass is 32.2. The summed E-state index contributed by atoms with van der Waals surface area (Å²) in [6, 6.07) is 17.8. The number of carbonyl (C=O) groups is 2. The number of carbonyl (C=O) groups excluding carboxylic acids is 2. The second-order valence-corrected chi connectivity index (χ2v) is 10.6. The number of aromatic nitrogens is 3. The van der Waals surface area contributed by atoms with Gasteiger partial charge in [0.25, 0.3) is 0 Å². The number of thioether (sulfide) groups is 1. The second-order valence-electron chi connectivity index (χ2n) is 8.39. The number of hydrogen-bond acceptors (Lipinski definition) is 8. The molecule has 0 unspecified atom stereocenters. The molecule has 0 saturated heterocycles. The number of esters is 1. The minimum Gasteiger partial charge on any atom is -0.486 e. The molecule has 2 aromatic carbocycles. The SMILES string of the molecule is COC(=O)c1c(NC(=O)CSc2nnc(COc3ccc(C)cc3)n2Cc2ccccc2)sc(C)c1C. The highest BCUT2D eigenvalue weighted by Gasteiger charge is 2.22. The number of anilines is 1. The van der Waals surface area contributed by atoms with E-state index in [-0.39, 0.29) is 18.3 Å². The lowest BCUT2D eigenvalue weighted by Gasteiger charge is -2.11. The fraction of sp³-hybridized carbons (Fsp3) is 0.259. The van der Waals surface area contributed by atoms with Gasteiger partial charge in [-0.05, 0) is 44.0 Å². The van der Waals surface area contributed by atoms with E-state index in [0.717, 1.165) is 27.3 Å². The van der Waals surface area contributed by atoms with Crippen molar-refractivity contribution in [3.63, 3.8) is 0 Å². The van der Waals surface area contributed by atoms with E-state index in [1.165, 1.54) is 30.2 Å². The number of thiophene rings is 1. The smallest absolute Gasteiger partial charge is 0.341 e. The molecule has 0 atom stereocenters. The zero-order chi connectivity index (χ0) is 26.4. The zero-order valence-corrected chi connectivity index (χ0v) is 22.7. The maximum absolute atomic E-state index is 12.8. The summed E-state index contributed by atoms with van der Waals surface area (Å²) in [5.41, 5.74) is 3.44. The van der Waals surface area contributed by atoms with Gasteiger partial charge < -0.3 is 14.8 Å². The second kappa shape index (κ2) is 12.1. The van der Waals surface area contributed by atoms with Crippen LogP contribution in [0.3, 0.4) is 0 Å². The molecule has 1 N–H and O–H groups in total. The Morgan fingerprint density at radius 2 is 1.76 bits per heavy atom. The Bertz CT molecular complexity index is 1380. The summed E-state index contributed by atoms with van der Waals surface area (Å²) in [4.78, 5) is 26.0. The molecule has 4 aromatic rings. The number of rotatable bonds is 10. The van der Waals surface area contributed by atoms with Crippen molar-refractivity contribution >= 4 is 40.0 Å². The van der Waals surface area contributed by atoms with Gasteiger partial charge in [-0.25, -0.2) is 4.79 Å². The monoisotopic (exact) mass is 536 g/mol. The molecule has 4 rings (SSSR count). The van der Waals surface area contributed by atoms with Crippen LogP contribution in [-0.4, -0.2) is 39.5 Å². The highest BCUT2D eigenvalue weighted by Crippen LogP contribution is 2.33. The van der Waals surface area contributed by atoms with Gasteiger partial charge in [0.05, 0.1) is 25.0 Å². The molecule has 192 valence electrons. The fourth-order valence-electron chi connectivity index (χ4n) is 3.60. The lowest BCUT2D eigenvalue weighted by Crippen LogP contribution is -2.17. The molecular formula is C27H28N4O4S2. The molecule has 0 bridgehead atoms. The van der Waals surface area contributed by atoms with Gasteiger partial charge in [0.15, 0.2) is 11.0 Å². The van der Waals surface area contributed by atoms with Crippen molar-refractivity contribution in [1.29, 1.82) is 0 Å². The van der Waals surface area contributed by atoms with Gasteiger partial charge in [-0.3, -0.25) is 9.36 Å². The largest absolute Gasteiger partial charge is 0.486 e. The predicted molar refractivity (Wildman–Crippen MR) is 146 cm³/mol. The molecule has 0 aliphatic carbocycles. The van der Waals surface area contributed by atoms with Gasteiger partial charge in [0.1, 0.15) is 17.4 Å². The van der Waals surface area contributed by atoms with Crippen LogP contribution in [0.1, 0.15) is 37.7 Å². The van der Waals surface area contributed by atoms with Crippen LogP contribution in [0.15, 0.2) is 59.8 Å². The maximum atomic E-state index is 12.8. The highest BCUT2D eigenvalue weighted by molar-refractivity contribution is 7.99. The Hall–Kier alpha value is -3.63. The van der Waals surface area contributed by atoms with Crippen molar-refractivity contribution in [1.82, 2.24) is 14.8 Å². The molecule has 1 amide bonds. The summed E-state index contributed by atoms with van der Waals surface area (Å²) in [7, 11) is 1.33. The van der Waals surface area contributed by atoms with Gasteiger partial charge in [0.2, 0.25) is 5.91 Å². The van der Waals surface area contributed by atoms with E-state index >= 15 is 0 Å². The Labute approximate surface area is 224 Å². The van der Waals surface area contributed by atoms with E-state index in [1.54, 1.807) is 0 Å². The van der Waals surface area contributed by atoms with Crippen LogP contribution in [0.4, 0.5) is 5.00 Å². The average molecular weight is 537 g/mol. The topological polar surface area (TPSA) is 95.3 Å². The molecule has 10 heteroatoms. The Kier molecular flexibility index (Phi) is 8.62. The van der Waals surface area contributed by atoms with Gasteiger partial charge in [-0.1, -0.05) is 59.8 Å². The molecule has 0 aliphatic heterocycles. The molecule has 0 saturated carbocycles. The van der Waals surface area contributed by atoms with Crippen LogP contribution >= 0.6 is 23.1 Å². The maximum Gasteiger partial charge on any atom is 0.341 e. The van der Waals surface area contributed by atoms with Crippen molar-refractivity contribution in [3.8, 4) is 5.75 Å². The lowest BCUT2D eigenvalue weighted by atomic mass is 10.1. The summed E-state index contributed by atoms with van der Waals surface area (Å²) in [5.74, 6) is 0.789. The first-order valence-electron chi connectivity index (χ1n) is 11.6. The summed E-state index contributed by atoms with van der Waals surface area (Å²) >= 11 is 2.64. The zero-order valence-electron chi connectivity index (χ0n) is 21.1. The third-order valence-corrected chi connectivity index (χ3v) is 7.82. The van der Waals surface area contributed by atoms with Gasteiger partial charge in [0, 0.05) is 4.88 Å². The van der Waals surface area contributed by atoms with Crippen molar-refractivity contribution < 1.29 is 19.1 Å². The standard InChI is InChI=1S/C27H28N4O4S2/c1-17-10-12-21(13-11-17)35-15-22-29-30-27(31(22)14-20-8-6-5-7-9-20)36-16-23(32)28-25-24(26(33)34-4)18(2)19(3)37-25/h5-13H,14-16H2,1-4H3,(H,28,32). The minimum atomic E-state index is -0.467. The molecule has 2 aromatic heterocycles. The van der Waals surface area contributed by atoms with E-state index < -0.39 is 5.97 Å². The molecule has 8 nitrogen and oxygen atoms in total. The molecule has 0 aliphatic rings. The number of nitrogens with one attached hydrogen (secondary N) is 1. The molecule has 2 heterocycles. The first kappa shape index (κ1) is 26.4. The van der Waals surface area contributed by atoms with Crippen LogP contribution < -0.4 is 10.1 Å². The predicted octanol–water partition coefficient (Wildman–Crippen LogP) is 5.41. The lowest BCUT2D eigenvalue weighted by molar-refractivity contribution is -0.113. The quantitative estimate of drug-likeness (QED) is 0.214. The third kappa shape index (κ3) is 6.58.